The minimum absolute atomic E-state index is 0.142. The molecule has 0 amide bonds. The zero-order valence-corrected chi connectivity index (χ0v) is 5.84. The van der Waals surface area contributed by atoms with Crippen molar-refractivity contribution in [2.45, 2.75) is 6.18 Å². The van der Waals surface area contributed by atoms with Crippen molar-refractivity contribution in [3.63, 3.8) is 0 Å². The van der Waals surface area contributed by atoms with E-state index in [1.165, 1.54) is 11.6 Å². The molecule has 0 rings (SSSR count). The summed E-state index contributed by atoms with van der Waals surface area (Å²) < 4.78 is 34.1. The van der Waals surface area contributed by atoms with Crippen LogP contribution in [0, 0.1) is 0 Å². The second-order valence-electron chi connectivity index (χ2n) is 1.61. The molecule has 0 atom stereocenters. The van der Waals surface area contributed by atoms with Gasteiger partial charge in [0.25, 0.3) is 0 Å². The molecule has 0 heterocycles. The van der Waals surface area contributed by atoms with Gasteiger partial charge in [-0.1, -0.05) is 17.7 Å². The number of hydrogen-bond acceptors (Lipinski definition) is 1. The van der Waals surface area contributed by atoms with Crippen LogP contribution in [0.1, 0.15) is 0 Å². The van der Waals surface area contributed by atoms with E-state index in [-0.39, 0.29) is 6.54 Å². The van der Waals surface area contributed by atoms with E-state index in [4.69, 9.17) is 11.6 Å². The second kappa shape index (κ2) is 4.57. The highest BCUT2D eigenvalue weighted by molar-refractivity contribution is 6.25. The van der Waals surface area contributed by atoms with Crippen LogP contribution in [0.25, 0.3) is 0 Å². The van der Waals surface area contributed by atoms with Crippen LogP contribution in [-0.2, 0) is 0 Å². The molecule has 0 saturated carbocycles. The third kappa shape index (κ3) is 7.78. The van der Waals surface area contributed by atoms with E-state index >= 15 is 0 Å². The Kier molecular flexibility index (Phi) is 4.47. The fourth-order valence-electron chi connectivity index (χ4n) is 0.342. The van der Waals surface area contributed by atoms with E-state index in [0.29, 0.717) is 0 Å². The van der Waals surface area contributed by atoms with Gasteiger partial charge in [-0.3, -0.25) is 0 Å². The van der Waals surface area contributed by atoms with Crippen molar-refractivity contribution < 1.29 is 13.2 Å². The maximum Gasteiger partial charge on any atom is 0.401 e. The maximum absolute atomic E-state index is 11.4. The number of alkyl halides is 3. The summed E-state index contributed by atoms with van der Waals surface area (Å²) in [6.07, 6.45) is -2.74. The van der Waals surface area contributed by atoms with Gasteiger partial charge in [-0.05, 0) is 0 Å². The summed E-state index contributed by atoms with van der Waals surface area (Å²) in [7, 11) is 0. The summed E-state index contributed by atoms with van der Waals surface area (Å²) >= 11 is 5.05. The SMILES string of the molecule is FC(F)(F)CNC/C=C/Cl. The molecule has 0 saturated heterocycles. The second-order valence-corrected chi connectivity index (χ2v) is 1.86. The molecule has 0 aliphatic carbocycles. The van der Waals surface area contributed by atoms with Crippen LogP contribution in [0.5, 0.6) is 0 Å². The third-order valence-corrected chi connectivity index (χ3v) is 0.855. The van der Waals surface area contributed by atoms with Gasteiger partial charge in [0.15, 0.2) is 0 Å². The normalized spacial score (nSPS) is 12.8. The standard InChI is InChI=1S/C5H7ClF3N/c6-2-1-3-10-4-5(7,8)9/h1-2,10H,3-4H2/b2-1+. The van der Waals surface area contributed by atoms with Crippen molar-refractivity contribution in [3.05, 3.63) is 11.6 Å². The van der Waals surface area contributed by atoms with E-state index in [1.54, 1.807) is 0 Å². The highest BCUT2D eigenvalue weighted by Gasteiger charge is 2.25. The average molecular weight is 174 g/mol. The maximum atomic E-state index is 11.4. The van der Waals surface area contributed by atoms with Gasteiger partial charge in [0.05, 0.1) is 6.54 Å². The van der Waals surface area contributed by atoms with Gasteiger partial charge in [0.1, 0.15) is 0 Å². The smallest absolute Gasteiger partial charge is 0.305 e. The summed E-state index contributed by atoms with van der Waals surface area (Å²) in [4.78, 5) is 0. The van der Waals surface area contributed by atoms with Crippen LogP contribution in [0.4, 0.5) is 13.2 Å². The first-order valence-electron chi connectivity index (χ1n) is 2.59. The molecule has 10 heavy (non-hydrogen) atoms. The summed E-state index contributed by atoms with van der Waals surface area (Å²) in [5.41, 5.74) is 1.17. The zero-order valence-electron chi connectivity index (χ0n) is 5.08. The Hall–Kier alpha value is -0.220. The number of halogens is 4. The van der Waals surface area contributed by atoms with Crippen molar-refractivity contribution in [3.8, 4) is 0 Å². The van der Waals surface area contributed by atoms with Crippen LogP contribution in [0.15, 0.2) is 11.6 Å². The molecule has 0 aromatic rings. The molecule has 0 aromatic heterocycles. The molecule has 0 aliphatic rings. The Morgan fingerprint density at radius 2 is 2.00 bits per heavy atom. The number of rotatable bonds is 3. The van der Waals surface area contributed by atoms with Crippen molar-refractivity contribution in [1.29, 1.82) is 0 Å². The molecule has 1 nitrogen and oxygen atoms in total. The van der Waals surface area contributed by atoms with Crippen molar-refractivity contribution in [2.75, 3.05) is 13.1 Å². The van der Waals surface area contributed by atoms with Crippen LogP contribution >= 0.6 is 11.6 Å². The summed E-state index contributed by atoms with van der Waals surface area (Å²) in [6.45, 7) is -0.836. The number of hydrogen-bond donors (Lipinski definition) is 1. The molecule has 0 radical (unpaired) electrons. The highest BCUT2D eigenvalue weighted by Crippen LogP contribution is 2.11. The van der Waals surface area contributed by atoms with Gasteiger partial charge in [-0.15, -0.1) is 0 Å². The molecule has 0 unspecified atom stereocenters. The summed E-state index contributed by atoms with van der Waals surface area (Å²) in [5, 5.41) is 2.13. The number of nitrogens with one attached hydrogen (secondary N) is 1. The molecule has 0 fully saturated rings. The van der Waals surface area contributed by atoms with E-state index < -0.39 is 12.7 Å². The minimum Gasteiger partial charge on any atom is -0.305 e. The molecule has 5 heteroatoms. The zero-order chi connectivity index (χ0) is 8.04. The predicted octanol–water partition coefficient (Wildman–Crippen LogP) is 1.89. The van der Waals surface area contributed by atoms with Crippen LogP contribution in [0.3, 0.4) is 0 Å². The Labute approximate surface area is 61.9 Å². The Balaban J connectivity index is 3.20. The predicted molar refractivity (Wildman–Crippen MR) is 33.9 cm³/mol. The Bertz CT molecular complexity index is 110. The van der Waals surface area contributed by atoms with E-state index in [0.717, 1.165) is 0 Å². The average Bonchev–Trinajstić information content (AvgIpc) is 1.78. The van der Waals surface area contributed by atoms with Gasteiger partial charge >= 0.3 is 6.18 Å². The first-order valence-corrected chi connectivity index (χ1v) is 3.02. The Morgan fingerprint density at radius 3 is 2.40 bits per heavy atom. The van der Waals surface area contributed by atoms with Gasteiger partial charge < -0.3 is 5.32 Å². The van der Waals surface area contributed by atoms with E-state index in [9.17, 15) is 13.2 Å². The largest absolute Gasteiger partial charge is 0.401 e. The summed E-state index contributed by atoms with van der Waals surface area (Å²) in [6, 6.07) is 0. The van der Waals surface area contributed by atoms with Gasteiger partial charge in [-0.2, -0.15) is 13.2 Å². The Morgan fingerprint density at radius 1 is 1.40 bits per heavy atom. The molecule has 0 bridgehead atoms. The molecule has 0 aromatic carbocycles. The van der Waals surface area contributed by atoms with Crippen molar-refractivity contribution in [1.82, 2.24) is 5.32 Å². The topological polar surface area (TPSA) is 12.0 Å². The minimum atomic E-state index is -4.14. The fourth-order valence-corrected chi connectivity index (χ4v) is 0.431. The summed E-state index contributed by atoms with van der Waals surface area (Å²) in [5.74, 6) is 0. The van der Waals surface area contributed by atoms with E-state index in [2.05, 4.69) is 5.32 Å². The van der Waals surface area contributed by atoms with Gasteiger partial charge in [-0.25, -0.2) is 0 Å². The third-order valence-electron chi connectivity index (χ3n) is 0.677. The monoisotopic (exact) mass is 173 g/mol. The lowest BCUT2D eigenvalue weighted by molar-refractivity contribution is -0.124. The lowest BCUT2D eigenvalue weighted by Gasteiger charge is -2.04. The van der Waals surface area contributed by atoms with Crippen molar-refractivity contribution >= 4 is 11.6 Å². The van der Waals surface area contributed by atoms with Gasteiger partial charge in [0, 0.05) is 12.1 Å². The highest BCUT2D eigenvalue weighted by atomic mass is 35.5. The molecular formula is C5H7ClF3N. The molecule has 0 aliphatic heterocycles. The molecular weight excluding hydrogens is 167 g/mol. The van der Waals surface area contributed by atoms with Crippen LogP contribution in [0.2, 0.25) is 0 Å². The molecule has 1 N–H and O–H groups in total. The first kappa shape index (κ1) is 9.78. The van der Waals surface area contributed by atoms with Crippen LogP contribution < -0.4 is 5.32 Å². The fraction of sp³-hybridized carbons (Fsp3) is 0.600. The van der Waals surface area contributed by atoms with Crippen LogP contribution in [-0.4, -0.2) is 19.3 Å². The van der Waals surface area contributed by atoms with Gasteiger partial charge in [0.2, 0.25) is 0 Å². The van der Waals surface area contributed by atoms with Crippen molar-refractivity contribution in [2.24, 2.45) is 0 Å². The molecule has 60 valence electrons. The lowest BCUT2D eigenvalue weighted by Crippen LogP contribution is -2.28. The molecule has 0 spiro atoms. The first-order chi connectivity index (χ1) is 4.56. The quantitative estimate of drug-likeness (QED) is 0.643. The van der Waals surface area contributed by atoms with E-state index in [1.807, 2.05) is 0 Å². The lowest BCUT2D eigenvalue weighted by atomic mass is 10.5.